The standard InChI is InChI=1S/C26H31N3O5/c1-18(2)29-17-20(23-15-22(30)9-10-24(23)29)16-27-11-3-13-28(26(33)34-14-4-12-27)21-7-5-19(6-8-21)25(31)32/h5-10,15,17-18,30H,3-4,11-14,16H2,1-2H3,(H,31,32). The number of aromatic hydroxyl groups is 1. The second-order valence-electron chi connectivity index (χ2n) is 8.96. The summed E-state index contributed by atoms with van der Waals surface area (Å²) in [4.78, 5) is 27.7. The maximum Gasteiger partial charge on any atom is 0.414 e. The number of hydrogen-bond donors (Lipinski definition) is 2. The van der Waals surface area contributed by atoms with Gasteiger partial charge in [0.15, 0.2) is 0 Å². The molecule has 2 N–H and O–H groups in total. The summed E-state index contributed by atoms with van der Waals surface area (Å²) in [5.41, 5.74) is 3.07. The molecule has 1 fully saturated rings. The van der Waals surface area contributed by atoms with Crippen molar-refractivity contribution in [1.82, 2.24) is 9.47 Å². The first-order valence-electron chi connectivity index (χ1n) is 11.7. The van der Waals surface area contributed by atoms with Gasteiger partial charge in [-0.1, -0.05) is 0 Å². The van der Waals surface area contributed by atoms with Crippen LogP contribution in [0.3, 0.4) is 0 Å². The quantitative estimate of drug-likeness (QED) is 0.559. The molecule has 180 valence electrons. The van der Waals surface area contributed by atoms with Crippen LogP contribution in [0.2, 0.25) is 0 Å². The number of amides is 1. The van der Waals surface area contributed by atoms with E-state index in [0.717, 1.165) is 42.5 Å². The van der Waals surface area contributed by atoms with Crippen molar-refractivity contribution < 1.29 is 24.5 Å². The van der Waals surface area contributed by atoms with E-state index in [4.69, 9.17) is 9.84 Å². The van der Waals surface area contributed by atoms with Crippen LogP contribution in [-0.2, 0) is 11.3 Å². The Labute approximate surface area is 199 Å². The molecule has 2 aromatic carbocycles. The number of rotatable bonds is 5. The van der Waals surface area contributed by atoms with Crippen molar-refractivity contribution in [3.05, 3.63) is 59.8 Å². The number of aromatic nitrogens is 1. The number of benzene rings is 2. The largest absolute Gasteiger partial charge is 0.508 e. The number of carbonyl (C=O) groups is 2. The number of nitrogens with zero attached hydrogens (tertiary/aromatic N) is 3. The monoisotopic (exact) mass is 465 g/mol. The number of phenols is 1. The smallest absolute Gasteiger partial charge is 0.414 e. The van der Waals surface area contributed by atoms with Crippen molar-refractivity contribution in [3.8, 4) is 5.75 Å². The van der Waals surface area contributed by atoms with E-state index < -0.39 is 12.1 Å². The Balaban J connectivity index is 1.50. The summed E-state index contributed by atoms with van der Waals surface area (Å²) in [5, 5.41) is 20.2. The minimum Gasteiger partial charge on any atom is -0.508 e. The van der Waals surface area contributed by atoms with E-state index in [1.807, 2.05) is 12.1 Å². The fraction of sp³-hybridized carbons (Fsp3) is 0.385. The molecule has 8 nitrogen and oxygen atoms in total. The SMILES string of the molecule is CC(C)n1cc(CN2CCCOC(=O)N(c3ccc(C(=O)O)cc3)CCC2)c2cc(O)ccc21. The topological polar surface area (TPSA) is 95.2 Å². The Hall–Kier alpha value is -3.52. The number of carboxylic acids is 1. The van der Waals surface area contributed by atoms with Crippen molar-refractivity contribution in [1.29, 1.82) is 0 Å². The van der Waals surface area contributed by atoms with Gasteiger partial charge in [0.1, 0.15) is 5.75 Å². The number of carbonyl (C=O) groups excluding carboxylic acids is 1. The van der Waals surface area contributed by atoms with Crippen LogP contribution in [0.4, 0.5) is 10.5 Å². The summed E-state index contributed by atoms with van der Waals surface area (Å²) in [5.74, 6) is -0.745. The van der Waals surface area contributed by atoms with Gasteiger partial charge >= 0.3 is 12.1 Å². The van der Waals surface area contributed by atoms with E-state index in [2.05, 4.69) is 29.5 Å². The molecule has 2 heterocycles. The van der Waals surface area contributed by atoms with E-state index in [1.54, 1.807) is 23.1 Å². The van der Waals surface area contributed by atoms with Gasteiger partial charge in [-0.25, -0.2) is 9.59 Å². The molecule has 0 atom stereocenters. The van der Waals surface area contributed by atoms with Gasteiger partial charge in [0.2, 0.25) is 0 Å². The third kappa shape index (κ3) is 5.17. The van der Waals surface area contributed by atoms with Crippen molar-refractivity contribution in [2.45, 2.75) is 39.3 Å². The molecular formula is C26H31N3O5. The zero-order chi connectivity index (χ0) is 24.2. The summed E-state index contributed by atoms with van der Waals surface area (Å²) < 4.78 is 7.72. The third-order valence-electron chi connectivity index (χ3n) is 6.20. The number of phenolic OH excluding ortho intramolecular Hbond substituents is 1. The average Bonchev–Trinajstić information content (AvgIpc) is 3.16. The number of aromatic carboxylic acids is 1. The first kappa shape index (κ1) is 23.6. The van der Waals surface area contributed by atoms with Gasteiger partial charge in [-0.05, 0) is 74.7 Å². The predicted octanol–water partition coefficient (Wildman–Crippen LogP) is 4.87. The zero-order valence-corrected chi connectivity index (χ0v) is 19.6. The highest BCUT2D eigenvalue weighted by Gasteiger charge is 2.21. The Morgan fingerprint density at radius 3 is 2.50 bits per heavy atom. The number of hydrogen-bond acceptors (Lipinski definition) is 5. The Kier molecular flexibility index (Phi) is 7.07. The van der Waals surface area contributed by atoms with Gasteiger partial charge in [-0.2, -0.15) is 0 Å². The third-order valence-corrected chi connectivity index (χ3v) is 6.20. The predicted molar refractivity (Wildman–Crippen MR) is 131 cm³/mol. The molecule has 0 saturated carbocycles. The van der Waals surface area contributed by atoms with Crippen LogP contribution in [0.1, 0.15) is 48.7 Å². The van der Waals surface area contributed by atoms with E-state index in [9.17, 15) is 14.7 Å². The maximum atomic E-state index is 12.6. The van der Waals surface area contributed by atoms with Gasteiger partial charge in [0.25, 0.3) is 0 Å². The minimum absolute atomic E-state index is 0.177. The Morgan fingerprint density at radius 2 is 1.79 bits per heavy atom. The lowest BCUT2D eigenvalue weighted by Crippen LogP contribution is -2.37. The van der Waals surface area contributed by atoms with E-state index >= 15 is 0 Å². The van der Waals surface area contributed by atoms with Crippen LogP contribution in [-0.4, -0.2) is 58.0 Å². The number of cyclic esters (lactones) is 1. The Bertz CT molecular complexity index is 1170. The molecule has 4 rings (SSSR count). The summed E-state index contributed by atoms with van der Waals surface area (Å²) in [6.07, 6.45) is 3.21. The molecule has 0 radical (unpaired) electrons. The van der Waals surface area contributed by atoms with Crippen LogP contribution in [0, 0.1) is 0 Å². The molecule has 1 aliphatic rings. The minimum atomic E-state index is -1.00. The fourth-order valence-corrected chi connectivity index (χ4v) is 4.47. The zero-order valence-electron chi connectivity index (χ0n) is 19.6. The van der Waals surface area contributed by atoms with Gasteiger partial charge in [-0.15, -0.1) is 0 Å². The van der Waals surface area contributed by atoms with Crippen LogP contribution in [0.5, 0.6) is 5.75 Å². The molecule has 3 aromatic rings. The summed E-state index contributed by atoms with van der Waals surface area (Å²) >= 11 is 0. The fourth-order valence-electron chi connectivity index (χ4n) is 4.47. The second kappa shape index (κ2) is 10.2. The van der Waals surface area contributed by atoms with Crippen LogP contribution >= 0.6 is 0 Å². The molecule has 0 unspecified atom stereocenters. The highest BCUT2D eigenvalue weighted by atomic mass is 16.6. The molecule has 0 aliphatic carbocycles. The Morgan fingerprint density at radius 1 is 1.06 bits per heavy atom. The lowest BCUT2D eigenvalue weighted by atomic mass is 10.1. The summed E-state index contributed by atoms with van der Waals surface area (Å²) in [7, 11) is 0. The van der Waals surface area contributed by atoms with Crippen LogP contribution in [0.25, 0.3) is 10.9 Å². The molecule has 1 aromatic heterocycles. The highest BCUT2D eigenvalue weighted by Crippen LogP contribution is 2.29. The molecular weight excluding hydrogens is 434 g/mol. The number of carboxylic acid groups (broad SMARTS) is 1. The summed E-state index contributed by atoms with van der Waals surface area (Å²) in [6, 6.07) is 12.1. The van der Waals surface area contributed by atoms with Crippen molar-refractivity contribution >= 4 is 28.7 Å². The normalized spacial score (nSPS) is 16.1. The highest BCUT2D eigenvalue weighted by molar-refractivity contribution is 5.91. The molecule has 1 saturated heterocycles. The molecule has 1 aliphatic heterocycles. The average molecular weight is 466 g/mol. The molecule has 0 bridgehead atoms. The van der Waals surface area contributed by atoms with E-state index in [-0.39, 0.29) is 11.3 Å². The van der Waals surface area contributed by atoms with Gasteiger partial charge in [0.05, 0.1) is 12.2 Å². The van der Waals surface area contributed by atoms with Crippen molar-refractivity contribution in [2.24, 2.45) is 0 Å². The molecule has 34 heavy (non-hydrogen) atoms. The van der Waals surface area contributed by atoms with E-state index in [0.29, 0.717) is 31.3 Å². The number of ether oxygens (including phenoxy) is 1. The van der Waals surface area contributed by atoms with Crippen LogP contribution < -0.4 is 4.90 Å². The molecule has 8 heteroatoms. The number of anilines is 1. The molecule has 1 amide bonds. The lowest BCUT2D eigenvalue weighted by Gasteiger charge is -2.28. The van der Waals surface area contributed by atoms with Gasteiger partial charge < -0.3 is 19.5 Å². The van der Waals surface area contributed by atoms with Crippen molar-refractivity contribution in [2.75, 3.05) is 31.1 Å². The van der Waals surface area contributed by atoms with Gasteiger partial charge in [-0.3, -0.25) is 9.80 Å². The second-order valence-corrected chi connectivity index (χ2v) is 8.96. The molecule has 0 spiro atoms. The van der Waals surface area contributed by atoms with E-state index in [1.165, 1.54) is 12.1 Å². The van der Waals surface area contributed by atoms with Crippen LogP contribution in [0.15, 0.2) is 48.7 Å². The number of fused-ring (bicyclic) bond motifs is 1. The maximum absolute atomic E-state index is 12.6. The summed E-state index contributed by atoms with van der Waals surface area (Å²) in [6.45, 7) is 7.40. The van der Waals surface area contributed by atoms with Crippen molar-refractivity contribution in [3.63, 3.8) is 0 Å². The first-order chi connectivity index (χ1) is 16.3. The van der Waals surface area contributed by atoms with Gasteiger partial charge in [0, 0.05) is 55.0 Å². The lowest BCUT2D eigenvalue weighted by molar-refractivity contribution is 0.0697. The first-order valence-corrected chi connectivity index (χ1v) is 11.7.